The lowest BCUT2D eigenvalue weighted by molar-refractivity contribution is -0.131. The summed E-state index contributed by atoms with van der Waals surface area (Å²) < 4.78 is 5.46. The molecular weight excluding hydrogens is 240 g/mol. The summed E-state index contributed by atoms with van der Waals surface area (Å²) in [6.07, 6.45) is 3.86. The quantitative estimate of drug-likeness (QED) is 0.907. The van der Waals surface area contributed by atoms with E-state index in [-0.39, 0.29) is 5.91 Å². The number of likely N-dealkylation sites (tertiary alicyclic amines) is 1. The van der Waals surface area contributed by atoms with Crippen molar-refractivity contribution in [3.05, 3.63) is 23.7 Å². The van der Waals surface area contributed by atoms with E-state index >= 15 is 0 Å². The standard InChI is InChI=1S/C15H24N2O2/c1-4-13-10-17(12(3)18)7-5-14(13)16-9-15-11(2)6-8-19-15/h6,8,13-14,16H,4-5,7,9-10H2,1-3H3/t13-,14-/m0/s1. The van der Waals surface area contributed by atoms with E-state index in [1.807, 2.05) is 11.0 Å². The second kappa shape index (κ2) is 6.24. The van der Waals surface area contributed by atoms with Crippen LogP contribution in [0.15, 0.2) is 16.7 Å². The molecule has 0 saturated carbocycles. The number of aryl methyl sites for hydroxylation is 1. The van der Waals surface area contributed by atoms with Crippen LogP contribution >= 0.6 is 0 Å². The molecule has 0 bridgehead atoms. The topological polar surface area (TPSA) is 45.5 Å². The third kappa shape index (κ3) is 3.38. The zero-order valence-corrected chi connectivity index (χ0v) is 12.1. The fraction of sp³-hybridized carbons (Fsp3) is 0.667. The Morgan fingerprint density at radius 2 is 2.37 bits per heavy atom. The molecule has 2 heterocycles. The fourth-order valence-electron chi connectivity index (χ4n) is 2.81. The first-order chi connectivity index (χ1) is 9.11. The first kappa shape index (κ1) is 14.1. The monoisotopic (exact) mass is 264 g/mol. The van der Waals surface area contributed by atoms with Gasteiger partial charge in [0.25, 0.3) is 0 Å². The molecule has 1 aromatic heterocycles. The molecule has 0 aliphatic carbocycles. The van der Waals surface area contributed by atoms with E-state index in [1.165, 1.54) is 5.56 Å². The Labute approximate surface area is 115 Å². The molecule has 1 fully saturated rings. The summed E-state index contributed by atoms with van der Waals surface area (Å²) in [5, 5.41) is 3.59. The number of furan rings is 1. The molecule has 106 valence electrons. The summed E-state index contributed by atoms with van der Waals surface area (Å²) in [6.45, 7) is 8.44. The molecular formula is C15H24N2O2. The van der Waals surface area contributed by atoms with Crippen molar-refractivity contribution < 1.29 is 9.21 Å². The average molecular weight is 264 g/mol. The molecule has 0 unspecified atom stereocenters. The highest BCUT2D eigenvalue weighted by Crippen LogP contribution is 2.21. The van der Waals surface area contributed by atoms with Crippen LogP contribution in [0.1, 0.15) is 38.0 Å². The van der Waals surface area contributed by atoms with Gasteiger partial charge in [0.15, 0.2) is 0 Å². The Hall–Kier alpha value is -1.29. The summed E-state index contributed by atoms with van der Waals surface area (Å²) in [4.78, 5) is 13.4. The van der Waals surface area contributed by atoms with Crippen LogP contribution in [-0.2, 0) is 11.3 Å². The molecule has 2 atom stereocenters. The summed E-state index contributed by atoms with van der Waals surface area (Å²) >= 11 is 0. The third-order valence-electron chi connectivity index (χ3n) is 4.20. The summed E-state index contributed by atoms with van der Waals surface area (Å²) in [5.74, 6) is 1.75. The van der Waals surface area contributed by atoms with E-state index < -0.39 is 0 Å². The molecule has 4 nitrogen and oxygen atoms in total. The van der Waals surface area contributed by atoms with Crippen LogP contribution in [-0.4, -0.2) is 29.9 Å². The molecule has 1 aliphatic rings. The fourth-order valence-corrected chi connectivity index (χ4v) is 2.81. The van der Waals surface area contributed by atoms with Gasteiger partial charge in [-0.2, -0.15) is 0 Å². The van der Waals surface area contributed by atoms with Gasteiger partial charge in [-0.3, -0.25) is 4.79 Å². The number of carbonyl (C=O) groups is 1. The minimum absolute atomic E-state index is 0.193. The molecule has 2 rings (SSSR count). The van der Waals surface area contributed by atoms with Crippen molar-refractivity contribution >= 4 is 5.91 Å². The van der Waals surface area contributed by atoms with Gasteiger partial charge in [-0.25, -0.2) is 0 Å². The average Bonchev–Trinajstić information content (AvgIpc) is 2.81. The third-order valence-corrected chi connectivity index (χ3v) is 4.20. The minimum Gasteiger partial charge on any atom is -0.468 e. The summed E-state index contributed by atoms with van der Waals surface area (Å²) in [7, 11) is 0. The van der Waals surface area contributed by atoms with Crippen LogP contribution in [0.4, 0.5) is 0 Å². The van der Waals surface area contributed by atoms with E-state index in [9.17, 15) is 4.79 Å². The molecule has 19 heavy (non-hydrogen) atoms. The van der Waals surface area contributed by atoms with Gasteiger partial charge >= 0.3 is 0 Å². The Morgan fingerprint density at radius 1 is 1.58 bits per heavy atom. The van der Waals surface area contributed by atoms with Gasteiger partial charge in [0, 0.05) is 26.1 Å². The van der Waals surface area contributed by atoms with Crippen LogP contribution in [0.5, 0.6) is 0 Å². The highest BCUT2D eigenvalue weighted by Gasteiger charge is 2.28. The molecule has 0 radical (unpaired) electrons. The maximum atomic E-state index is 11.4. The van der Waals surface area contributed by atoms with Crippen LogP contribution in [0.2, 0.25) is 0 Å². The predicted molar refractivity (Wildman–Crippen MR) is 74.7 cm³/mol. The van der Waals surface area contributed by atoms with Crippen molar-refractivity contribution in [1.82, 2.24) is 10.2 Å². The Bertz CT molecular complexity index is 428. The minimum atomic E-state index is 0.193. The van der Waals surface area contributed by atoms with E-state index in [0.717, 1.165) is 38.2 Å². The van der Waals surface area contributed by atoms with E-state index in [0.29, 0.717) is 12.0 Å². The van der Waals surface area contributed by atoms with Gasteiger partial charge in [-0.15, -0.1) is 0 Å². The molecule has 4 heteroatoms. The van der Waals surface area contributed by atoms with Crippen LogP contribution in [0.25, 0.3) is 0 Å². The molecule has 1 saturated heterocycles. The van der Waals surface area contributed by atoms with Gasteiger partial charge in [0.05, 0.1) is 12.8 Å². The SMILES string of the molecule is CC[C@H]1CN(C(C)=O)CC[C@@H]1NCc1occc1C. The zero-order valence-electron chi connectivity index (χ0n) is 12.1. The maximum Gasteiger partial charge on any atom is 0.219 e. The smallest absolute Gasteiger partial charge is 0.219 e. The summed E-state index contributed by atoms with van der Waals surface area (Å²) in [6, 6.07) is 2.47. The number of hydrogen-bond acceptors (Lipinski definition) is 3. The number of nitrogens with one attached hydrogen (secondary N) is 1. The second-order valence-electron chi connectivity index (χ2n) is 5.44. The largest absolute Gasteiger partial charge is 0.468 e. The van der Waals surface area contributed by atoms with Crippen LogP contribution in [0.3, 0.4) is 0 Å². The number of piperidine rings is 1. The van der Waals surface area contributed by atoms with Gasteiger partial charge < -0.3 is 14.6 Å². The molecule has 0 aromatic carbocycles. The van der Waals surface area contributed by atoms with Gasteiger partial charge in [0.1, 0.15) is 5.76 Å². The van der Waals surface area contributed by atoms with Crippen molar-refractivity contribution in [3.8, 4) is 0 Å². The Kier molecular flexibility index (Phi) is 4.64. The number of rotatable bonds is 4. The van der Waals surface area contributed by atoms with Crippen molar-refractivity contribution in [2.24, 2.45) is 5.92 Å². The number of hydrogen-bond donors (Lipinski definition) is 1. The first-order valence-corrected chi connectivity index (χ1v) is 7.13. The predicted octanol–water partition coefficient (Wildman–Crippen LogP) is 2.32. The van der Waals surface area contributed by atoms with Crippen LogP contribution < -0.4 is 5.32 Å². The van der Waals surface area contributed by atoms with Crippen molar-refractivity contribution in [1.29, 1.82) is 0 Å². The van der Waals surface area contributed by atoms with E-state index in [2.05, 4.69) is 19.2 Å². The van der Waals surface area contributed by atoms with Crippen molar-refractivity contribution in [2.45, 2.75) is 46.2 Å². The molecule has 1 aromatic rings. The number of carbonyl (C=O) groups excluding carboxylic acids is 1. The lowest BCUT2D eigenvalue weighted by Gasteiger charge is -2.38. The molecule has 1 aliphatic heterocycles. The van der Waals surface area contributed by atoms with Gasteiger partial charge in [-0.05, 0) is 30.9 Å². The molecule has 0 spiro atoms. The lowest BCUT2D eigenvalue weighted by Crippen LogP contribution is -2.50. The van der Waals surface area contributed by atoms with Crippen molar-refractivity contribution in [3.63, 3.8) is 0 Å². The number of amides is 1. The highest BCUT2D eigenvalue weighted by molar-refractivity contribution is 5.73. The van der Waals surface area contributed by atoms with E-state index in [1.54, 1.807) is 13.2 Å². The first-order valence-electron chi connectivity index (χ1n) is 7.13. The lowest BCUT2D eigenvalue weighted by atomic mass is 9.89. The summed E-state index contributed by atoms with van der Waals surface area (Å²) in [5.41, 5.74) is 1.20. The Balaban J connectivity index is 1.90. The van der Waals surface area contributed by atoms with Gasteiger partial charge in [0.2, 0.25) is 5.91 Å². The Morgan fingerprint density at radius 3 is 2.95 bits per heavy atom. The highest BCUT2D eigenvalue weighted by atomic mass is 16.3. The molecule has 1 N–H and O–H groups in total. The second-order valence-corrected chi connectivity index (χ2v) is 5.44. The van der Waals surface area contributed by atoms with Gasteiger partial charge in [-0.1, -0.05) is 13.3 Å². The maximum absolute atomic E-state index is 11.4. The molecule has 1 amide bonds. The van der Waals surface area contributed by atoms with Crippen LogP contribution in [0, 0.1) is 12.8 Å². The van der Waals surface area contributed by atoms with E-state index in [4.69, 9.17) is 4.42 Å². The van der Waals surface area contributed by atoms with Crippen molar-refractivity contribution in [2.75, 3.05) is 13.1 Å². The zero-order chi connectivity index (χ0) is 13.8. The number of nitrogens with zero attached hydrogens (tertiary/aromatic N) is 1. The normalized spacial score (nSPS) is 23.6.